The van der Waals surface area contributed by atoms with Crippen LogP contribution >= 0.6 is 0 Å². The van der Waals surface area contributed by atoms with Crippen molar-refractivity contribution in [3.63, 3.8) is 0 Å². The second kappa shape index (κ2) is 11.0. The van der Waals surface area contributed by atoms with E-state index < -0.39 is 0 Å². The van der Waals surface area contributed by atoms with Crippen LogP contribution in [0.5, 0.6) is 5.75 Å². The van der Waals surface area contributed by atoms with Crippen molar-refractivity contribution >= 4 is 0 Å². The van der Waals surface area contributed by atoms with Gasteiger partial charge in [0.15, 0.2) is 0 Å². The van der Waals surface area contributed by atoms with E-state index in [1.54, 1.807) is 19.5 Å². The molecule has 0 aliphatic carbocycles. The first-order valence-corrected chi connectivity index (χ1v) is 8.31. The zero-order chi connectivity index (χ0) is 18.0. The SMILES string of the molecule is COc1ccccc1.[Pt].[c-]1c(-c2ccccn2)cccc1-c1ccccn1. The van der Waals surface area contributed by atoms with E-state index in [1.165, 1.54) is 0 Å². The summed E-state index contributed by atoms with van der Waals surface area (Å²) in [7, 11) is 1.66. The molecule has 0 saturated carbocycles. The van der Waals surface area contributed by atoms with Crippen molar-refractivity contribution in [2.75, 3.05) is 7.11 Å². The molecule has 0 aliphatic heterocycles. The van der Waals surface area contributed by atoms with Crippen LogP contribution in [0.15, 0.2) is 97.3 Å². The van der Waals surface area contributed by atoms with Gasteiger partial charge in [-0.15, -0.1) is 24.3 Å². The van der Waals surface area contributed by atoms with Crippen LogP contribution in [0.4, 0.5) is 0 Å². The van der Waals surface area contributed by atoms with E-state index in [0.717, 1.165) is 28.3 Å². The van der Waals surface area contributed by atoms with Crippen LogP contribution in [0.1, 0.15) is 0 Å². The third kappa shape index (κ3) is 6.16. The Hall–Kier alpha value is -2.77. The molecule has 3 nitrogen and oxygen atoms in total. The largest absolute Gasteiger partial charge is 0.497 e. The van der Waals surface area contributed by atoms with E-state index in [0.29, 0.717) is 0 Å². The Balaban J connectivity index is 0.000000247. The Bertz CT molecular complexity index is 862. The summed E-state index contributed by atoms with van der Waals surface area (Å²) in [5, 5.41) is 0. The molecule has 2 heterocycles. The van der Waals surface area contributed by atoms with Crippen molar-refractivity contribution in [3.8, 4) is 28.3 Å². The van der Waals surface area contributed by atoms with Gasteiger partial charge in [-0.2, -0.15) is 0 Å². The predicted octanol–water partition coefficient (Wildman–Crippen LogP) is 5.30. The van der Waals surface area contributed by atoms with Crippen molar-refractivity contribution in [1.82, 2.24) is 9.97 Å². The molecule has 0 bridgehead atoms. The topological polar surface area (TPSA) is 35.0 Å². The van der Waals surface area contributed by atoms with Gasteiger partial charge < -0.3 is 4.74 Å². The number of hydrogen-bond donors (Lipinski definition) is 0. The zero-order valence-electron chi connectivity index (χ0n) is 14.9. The van der Waals surface area contributed by atoms with Crippen LogP contribution in [-0.4, -0.2) is 17.1 Å². The normalized spacial score (nSPS) is 9.37. The van der Waals surface area contributed by atoms with Crippen molar-refractivity contribution < 1.29 is 25.8 Å². The molecule has 0 aliphatic rings. The molecule has 27 heavy (non-hydrogen) atoms. The minimum absolute atomic E-state index is 0. The quantitative estimate of drug-likeness (QED) is 0.335. The van der Waals surface area contributed by atoms with Crippen LogP contribution in [0.3, 0.4) is 0 Å². The van der Waals surface area contributed by atoms with Gasteiger partial charge in [0.05, 0.1) is 7.11 Å². The summed E-state index contributed by atoms with van der Waals surface area (Å²) >= 11 is 0. The van der Waals surface area contributed by atoms with Gasteiger partial charge in [-0.25, -0.2) is 0 Å². The van der Waals surface area contributed by atoms with Gasteiger partial charge in [-0.1, -0.05) is 53.6 Å². The standard InChI is InChI=1S/C16H11N2.C7H8O.Pt/c1-3-10-17-15(8-1)13-6-5-7-14(12-13)16-9-2-4-11-18-16;1-8-7-5-3-2-4-6-7;/h1-11H;2-6H,1H3;/q-1;;. The Morgan fingerprint density at radius 1 is 0.630 bits per heavy atom. The van der Waals surface area contributed by atoms with Crippen LogP contribution < -0.4 is 4.74 Å². The van der Waals surface area contributed by atoms with Gasteiger partial charge in [0.25, 0.3) is 0 Å². The van der Waals surface area contributed by atoms with E-state index in [-0.39, 0.29) is 21.1 Å². The number of methoxy groups -OCH3 is 1. The van der Waals surface area contributed by atoms with Crippen LogP contribution in [0, 0.1) is 6.07 Å². The molecular weight excluding hydrogens is 515 g/mol. The Labute approximate surface area is 174 Å². The van der Waals surface area contributed by atoms with Gasteiger partial charge in [-0.05, 0) is 24.3 Å². The molecule has 0 spiro atoms. The maximum Gasteiger partial charge on any atom is 0.118 e. The van der Waals surface area contributed by atoms with Crippen molar-refractivity contribution in [2.24, 2.45) is 0 Å². The fourth-order valence-electron chi connectivity index (χ4n) is 2.37. The summed E-state index contributed by atoms with van der Waals surface area (Å²) < 4.78 is 4.91. The number of rotatable bonds is 3. The van der Waals surface area contributed by atoms with Crippen molar-refractivity contribution in [2.45, 2.75) is 0 Å². The maximum absolute atomic E-state index is 4.91. The summed E-state index contributed by atoms with van der Waals surface area (Å²) in [6.45, 7) is 0. The van der Waals surface area contributed by atoms with Crippen LogP contribution in [0.25, 0.3) is 22.5 Å². The van der Waals surface area contributed by atoms with Gasteiger partial charge in [-0.3, -0.25) is 9.97 Å². The van der Waals surface area contributed by atoms with Crippen LogP contribution in [0.2, 0.25) is 0 Å². The Morgan fingerprint density at radius 3 is 1.56 bits per heavy atom. The number of hydrogen-bond acceptors (Lipinski definition) is 3. The summed E-state index contributed by atoms with van der Waals surface area (Å²) in [5.41, 5.74) is 3.82. The number of pyridine rings is 2. The van der Waals surface area contributed by atoms with Gasteiger partial charge in [0, 0.05) is 44.8 Å². The molecular formula is C23H19N2OPt-. The second-order valence-electron chi connectivity index (χ2n) is 5.43. The molecule has 4 heteroatoms. The minimum Gasteiger partial charge on any atom is -0.497 e. The second-order valence-corrected chi connectivity index (χ2v) is 5.43. The van der Waals surface area contributed by atoms with Gasteiger partial charge >= 0.3 is 0 Å². The minimum atomic E-state index is 0. The summed E-state index contributed by atoms with van der Waals surface area (Å²) in [6, 6.07) is 30.8. The summed E-state index contributed by atoms with van der Waals surface area (Å²) in [4.78, 5) is 8.66. The van der Waals surface area contributed by atoms with E-state index in [2.05, 4.69) is 16.0 Å². The molecule has 0 fully saturated rings. The molecule has 0 N–H and O–H groups in total. The Morgan fingerprint density at radius 2 is 1.15 bits per heavy atom. The number of ether oxygens (including phenoxy) is 1. The molecule has 4 rings (SSSR count). The molecule has 0 saturated heterocycles. The smallest absolute Gasteiger partial charge is 0.118 e. The molecule has 0 unspecified atom stereocenters. The van der Waals surface area contributed by atoms with Crippen LogP contribution in [-0.2, 0) is 21.1 Å². The molecule has 0 amide bonds. The summed E-state index contributed by atoms with van der Waals surface area (Å²) in [5.74, 6) is 0.910. The van der Waals surface area contributed by atoms with Crippen molar-refractivity contribution in [1.29, 1.82) is 0 Å². The predicted molar refractivity (Wildman–Crippen MR) is 105 cm³/mol. The fraction of sp³-hybridized carbons (Fsp3) is 0.0435. The number of nitrogens with zero attached hydrogens (tertiary/aromatic N) is 2. The average Bonchev–Trinajstić information content (AvgIpc) is 2.76. The summed E-state index contributed by atoms with van der Waals surface area (Å²) in [6.07, 6.45) is 3.58. The van der Waals surface area contributed by atoms with Gasteiger partial charge in [0.1, 0.15) is 5.75 Å². The first kappa shape index (κ1) is 20.5. The third-order valence-electron chi connectivity index (χ3n) is 3.66. The monoisotopic (exact) mass is 534 g/mol. The molecule has 0 atom stereocenters. The number of aromatic nitrogens is 2. The molecule has 2 aromatic carbocycles. The molecule has 138 valence electrons. The van der Waals surface area contributed by atoms with Gasteiger partial charge in [0.2, 0.25) is 0 Å². The third-order valence-corrected chi connectivity index (χ3v) is 3.66. The molecule has 0 radical (unpaired) electrons. The van der Waals surface area contributed by atoms with Crippen molar-refractivity contribution in [3.05, 3.63) is 103 Å². The van der Waals surface area contributed by atoms with E-state index in [1.807, 2.05) is 84.9 Å². The molecule has 4 aromatic rings. The van der Waals surface area contributed by atoms with E-state index >= 15 is 0 Å². The first-order valence-electron chi connectivity index (χ1n) is 8.31. The first-order chi connectivity index (χ1) is 12.9. The fourth-order valence-corrected chi connectivity index (χ4v) is 2.37. The van der Waals surface area contributed by atoms with E-state index in [9.17, 15) is 0 Å². The maximum atomic E-state index is 4.91. The average molecular weight is 534 g/mol. The number of para-hydroxylation sites is 1. The Kier molecular flexibility index (Phi) is 8.41. The van der Waals surface area contributed by atoms with E-state index in [4.69, 9.17) is 4.74 Å². The zero-order valence-corrected chi connectivity index (χ0v) is 17.1. The molecule has 2 aromatic heterocycles. The number of benzene rings is 2.